The molecule has 126 valence electrons. The van der Waals surface area contributed by atoms with Crippen LogP contribution in [-0.2, 0) is 9.59 Å². The number of nitrogens with zero attached hydrogens (tertiary/aromatic N) is 1. The van der Waals surface area contributed by atoms with E-state index in [-0.39, 0.29) is 5.57 Å². The lowest BCUT2D eigenvalue weighted by Crippen LogP contribution is -2.54. The molecule has 4 amide bonds. The summed E-state index contributed by atoms with van der Waals surface area (Å²) in [5.41, 5.74) is 0.534. The van der Waals surface area contributed by atoms with Gasteiger partial charge in [0.1, 0.15) is 17.1 Å². The van der Waals surface area contributed by atoms with E-state index in [1.54, 1.807) is 12.1 Å². The number of rotatable bonds is 3. The van der Waals surface area contributed by atoms with Gasteiger partial charge in [-0.1, -0.05) is 12.1 Å². The molecule has 0 aromatic heterocycles. The number of amides is 4. The van der Waals surface area contributed by atoms with Gasteiger partial charge in [-0.25, -0.2) is 14.1 Å². The Balaban J connectivity index is 1.97. The number of methoxy groups -OCH3 is 1. The van der Waals surface area contributed by atoms with E-state index in [0.717, 1.165) is 4.90 Å². The Labute approximate surface area is 142 Å². The minimum absolute atomic E-state index is 0.220. The van der Waals surface area contributed by atoms with E-state index in [1.807, 2.05) is 0 Å². The molecule has 1 aliphatic rings. The molecule has 3 rings (SSSR count). The average molecular weight is 340 g/mol. The fourth-order valence-corrected chi connectivity index (χ4v) is 2.35. The molecule has 2 aromatic rings. The second-order valence-electron chi connectivity index (χ2n) is 5.21. The third-order valence-electron chi connectivity index (χ3n) is 3.61. The SMILES string of the molecule is COc1ccc(N2C(=O)NC(=O)C(=Cc3ccc(F)cc3)C2=O)cc1. The summed E-state index contributed by atoms with van der Waals surface area (Å²) in [6.45, 7) is 0. The van der Waals surface area contributed by atoms with Crippen LogP contribution in [0, 0.1) is 5.82 Å². The van der Waals surface area contributed by atoms with Crippen LogP contribution in [0.3, 0.4) is 0 Å². The number of carbonyl (C=O) groups is 3. The normalized spacial score (nSPS) is 16.2. The third-order valence-corrected chi connectivity index (χ3v) is 3.61. The first-order valence-electron chi connectivity index (χ1n) is 7.30. The van der Waals surface area contributed by atoms with Crippen LogP contribution in [-0.4, -0.2) is 25.0 Å². The number of carbonyl (C=O) groups excluding carboxylic acids is 3. The third kappa shape index (κ3) is 3.25. The second-order valence-corrected chi connectivity index (χ2v) is 5.21. The zero-order valence-corrected chi connectivity index (χ0v) is 13.2. The quantitative estimate of drug-likeness (QED) is 0.688. The first kappa shape index (κ1) is 16.4. The smallest absolute Gasteiger partial charge is 0.335 e. The van der Waals surface area contributed by atoms with Crippen LogP contribution in [0.1, 0.15) is 5.56 Å². The van der Waals surface area contributed by atoms with E-state index in [1.165, 1.54) is 49.6 Å². The van der Waals surface area contributed by atoms with Crippen molar-refractivity contribution in [2.75, 3.05) is 12.0 Å². The molecule has 0 aliphatic carbocycles. The highest BCUT2D eigenvalue weighted by Gasteiger charge is 2.36. The van der Waals surface area contributed by atoms with Gasteiger partial charge < -0.3 is 4.74 Å². The maximum absolute atomic E-state index is 13.0. The van der Waals surface area contributed by atoms with Gasteiger partial charge in [-0.15, -0.1) is 0 Å². The first-order valence-corrected chi connectivity index (χ1v) is 7.30. The van der Waals surface area contributed by atoms with Crippen molar-refractivity contribution in [3.05, 3.63) is 65.5 Å². The number of hydrogen-bond acceptors (Lipinski definition) is 4. The Hall–Kier alpha value is -3.48. The van der Waals surface area contributed by atoms with Crippen molar-refractivity contribution in [3.8, 4) is 5.75 Å². The molecule has 0 unspecified atom stereocenters. The number of imide groups is 2. The van der Waals surface area contributed by atoms with Crippen molar-refractivity contribution in [2.45, 2.75) is 0 Å². The summed E-state index contributed by atoms with van der Waals surface area (Å²) in [5.74, 6) is -1.43. The molecule has 2 aromatic carbocycles. The van der Waals surface area contributed by atoms with Crippen LogP contribution in [0.4, 0.5) is 14.9 Å². The number of barbiturate groups is 1. The zero-order chi connectivity index (χ0) is 18.0. The first-order chi connectivity index (χ1) is 12.0. The number of hydrogen-bond donors (Lipinski definition) is 1. The molecule has 0 bridgehead atoms. The predicted octanol–water partition coefficient (Wildman–Crippen LogP) is 2.50. The number of benzene rings is 2. The molecule has 7 heteroatoms. The summed E-state index contributed by atoms with van der Waals surface area (Å²) in [7, 11) is 1.50. The summed E-state index contributed by atoms with van der Waals surface area (Å²) >= 11 is 0. The number of halogens is 1. The van der Waals surface area contributed by atoms with Gasteiger partial charge in [-0.05, 0) is 48.0 Å². The van der Waals surface area contributed by atoms with Crippen molar-refractivity contribution in [1.82, 2.24) is 5.32 Å². The minimum atomic E-state index is -0.837. The Bertz CT molecular complexity index is 873. The van der Waals surface area contributed by atoms with Gasteiger partial charge >= 0.3 is 6.03 Å². The minimum Gasteiger partial charge on any atom is -0.497 e. The van der Waals surface area contributed by atoms with Crippen molar-refractivity contribution < 1.29 is 23.5 Å². The molecule has 0 radical (unpaired) electrons. The highest BCUT2D eigenvalue weighted by atomic mass is 19.1. The van der Waals surface area contributed by atoms with Crippen molar-refractivity contribution in [2.24, 2.45) is 0 Å². The largest absolute Gasteiger partial charge is 0.497 e. The van der Waals surface area contributed by atoms with E-state index in [0.29, 0.717) is 17.0 Å². The summed E-state index contributed by atoms with van der Waals surface area (Å²) in [4.78, 5) is 37.6. The van der Waals surface area contributed by atoms with Gasteiger partial charge in [0, 0.05) is 0 Å². The highest BCUT2D eigenvalue weighted by Crippen LogP contribution is 2.24. The Morgan fingerprint density at radius 2 is 1.64 bits per heavy atom. The van der Waals surface area contributed by atoms with E-state index >= 15 is 0 Å². The Morgan fingerprint density at radius 3 is 2.24 bits per heavy atom. The molecule has 1 saturated heterocycles. The van der Waals surface area contributed by atoms with Crippen molar-refractivity contribution in [3.63, 3.8) is 0 Å². The maximum Gasteiger partial charge on any atom is 0.335 e. The molecule has 6 nitrogen and oxygen atoms in total. The molecule has 1 N–H and O–H groups in total. The lowest BCUT2D eigenvalue weighted by Gasteiger charge is -2.26. The lowest BCUT2D eigenvalue weighted by atomic mass is 10.1. The van der Waals surface area contributed by atoms with Crippen LogP contribution in [0.5, 0.6) is 5.75 Å². The predicted molar refractivity (Wildman–Crippen MR) is 88.4 cm³/mol. The van der Waals surface area contributed by atoms with E-state index in [4.69, 9.17) is 4.74 Å². The van der Waals surface area contributed by atoms with Crippen molar-refractivity contribution >= 4 is 29.6 Å². The Kier molecular flexibility index (Phi) is 4.30. The second kappa shape index (κ2) is 6.56. The van der Waals surface area contributed by atoms with Crippen LogP contribution >= 0.6 is 0 Å². The molecule has 1 fully saturated rings. The standard InChI is InChI=1S/C18H13FN2O4/c1-25-14-8-6-13(7-9-14)21-17(23)15(16(22)20-18(21)24)10-11-2-4-12(19)5-3-11/h2-10H,1H3,(H,20,22,24). The van der Waals surface area contributed by atoms with Gasteiger partial charge in [0.25, 0.3) is 11.8 Å². The van der Waals surface area contributed by atoms with E-state index < -0.39 is 23.7 Å². The topological polar surface area (TPSA) is 75.7 Å². The summed E-state index contributed by atoms with van der Waals surface area (Å²) < 4.78 is 18.0. The van der Waals surface area contributed by atoms with E-state index in [9.17, 15) is 18.8 Å². The van der Waals surface area contributed by atoms with Crippen LogP contribution in [0.2, 0.25) is 0 Å². The molecule has 0 spiro atoms. The van der Waals surface area contributed by atoms with E-state index in [2.05, 4.69) is 5.32 Å². The van der Waals surface area contributed by atoms with Gasteiger partial charge in [0.05, 0.1) is 12.8 Å². The summed E-state index contributed by atoms with van der Waals surface area (Å²) in [5, 5.41) is 2.12. The summed E-state index contributed by atoms with van der Waals surface area (Å²) in [6, 6.07) is 10.7. The lowest BCUT2D eigenvalue weighted by molar-refractivity contribution is -0.122. The fraction of sp³-hybridized carbons (Fsp3) is 0.0556. The van der Waals surface area contributed by atoms with Crippen LogP contribution in [0.15, 0.2) is 54.1 Å². The molecule has 25 heavy (non-hydrogen) atoms. The summed E-state index contributed by atoms with van der Waals surface area (Å²) in [6.07, 6.45) is 1.31. The number of anilines is 1. The molecule has 0 atom stereocenters. The zero-order valence-electron chi connectivity index (χ0n) is 13.2. The molecule has 1 heterocycles. The highest BCUT2D eigenvalue weighted by molar-refractivity contribution is 6.39. The average Bonchev–Trinajstić information content (AvgIpc) is 2.60. The molecule has 1 aliphatic heterocycles. The van der Waals surface area contributed by atoms with Gasteiger partial charge in [-0.3, -0.25) is 14.9 Å². The monoisotopic (exact) mass is 340 g/mol. The number of ether oxygens (including phenoxy) is 1. The van der Waals surface area contributed by atoms with Gasteiger partial charge in [0.2, 0.25) is 0 Å². The van der Waals surface area contributed by atoms with Gasteiger partial charge in [-0.2, -0.15) is 0 Å². The Morgan fingerprint density at radius 1 is 1.00 bits per heavy atom. The maximum atomic E-state index is 13.0. The molecular formula is C18H13FN2O4. The molecule has 0 saturated carbocycles. The number of urea groups is 1. The van der Waals surface area contributed by atoms with Crippen LogP contribution in [0.25, 0.3) is 6.08 Å². The number of nitrogens with one attached hydrogen (secondary N) is 1. The fourth-order valence-electron chi connectivity index (χ4n) is 2.35. The molecular weight excluding hydrogens is 327 g/mol. The van der Waals surface area contributed by atoms with Crippen molar-refractivity contribution in [1.29, 1.82) is 0 Å². The van der Waals surface area contributed by atoms with Crippen LogP contribution < -0.4 is 15.0 Å². The van der Waals surface area contributed by atoms with Gasteiger partial charge in [0.15, 0.2) is 0 Å².